The molecule has 1 N–H and O–H groups in total. The van der Waals surface area contributed by atoms with Crippen molar-refractivity contribution in [3.63, 3.8) is 0 Å². The topological polar surface area (TPSA) is 24.4 Å². The first-order valence-corrected chi connectivity index (χ1v) is 6.66. The van der Waals surface area contributed by atoms with E-state index in [-0.39, 0.29) is 0 Å². The molecule has 2 rings (SSSR count). The third-order valence-electron chi connectivity index (χ3n) is 3.07. The molecule has 1 saturated carbocycles. The molecule has 1 heterocycles. The molecule has 3 unspecified atom stereocenters. The predicted octanol–water partition coefficient (Wildman–Crippen LogP) is 2.50. The first-order valence-electron chi connectivity index (χ1n) is 5.68. The van der Waals surface area contributed by atoms with E-state index in [0.29, 0.717) is 6.04 Å². The van der Waals surface area contributed by atoms with Crippen LogP contribution in [-0.2, 0) is 0 Å². The van der Waals surface area contributed by atoms with Crippen LogP contribution >= 0.6 is 11.8 Å². The second kappa shape index (κ2) is 4.56. The summed E-state index contributed by atoms with van der Waals surface area (Å²) in [5.41, 5.74) is 0. The van der Waals surface area contributed by atoms with Gasteiger partial charge in [-0.2, -0.15) is 0 Å². The van der Waals surface area contributed by atoms with E-state index in [1.807, 2.05) is 11.8 Å². The van der Waals surface area contributed by atoms with Crippen LogP contribution in [0.1, 0.15) is 33.1 Å². The summed E-state index contributed by atoms with van der Waals surface area (Å²) < 4.78 is 0. The molecule has 0 aromatic rings. The minimum atomic E-state index is 0.699. The van der Waals surface area contributed by atoms with E-state index in [4.69, 9.17) is 0 Å². The molecule has 3 atom stereocenters. The molecule has 0 spiro atoms. The number of amidine groups is 1. The van der Waals surface area contributed by atoms with Crippen LogP contribution in [0.15, 0.2) is 4.99 Å². The van der Waals surface area contributed by atoms with Crippen molar-refractivity contribution in [2.45, 2.75) is 39.2 Å². The van der Waals surface area contributed by atoms with Gasteiger partial charge in [0.2, 0.25) is 0 Å². The summed E-state index contributed by atoms with van der Waals surface area (Å²) in [6.45, 7) is 5.63. The number of nitrogens with one attached hydrogen (secondary N) is 1. The average molecular weight is 212 g/mol. The molecule has 1 fully saturated rings. The van der Waals surface area contributed by atoms with Gasteiger partial charge in [-0.15, -0.1) is 0 Å². The second-order valence-electron chi connectivity index (χ2n) is 4.82. The molecule has 0 radical (unpaired) electrons. The van der Waals surface area contributed by atoms with Gasteiger partial charge in [0.25, 0.3) is 0 Å². The minimum absolute atomic E-state index is 0.699. The lowest BCUT2D eigenvalue weighted by Gasteiger charge is -2.21. The fourth-order valence-corrected chi connectivity index (χ4v) is 3.12. The Labute approximate surface area is 90.9 Å². The first kappa shape index (κ1) is 10.3. The Morgan fingerprint density at radius 3 is 2.71 bits per heavy atom. The Hall–Kier alpha value is -0.180. The van der Waals surface area contributed by atoms with E-state index in [1.165, 1.54) is 30.2 Å². The van der Waals surface area contributed by atoms with E-state index in [9.17, 15) is 0 Å². The van der Waals surface area contributed by atoms with Gasteiger partial charge in [-0.05, 0) is 31.1 Å². The van der Waals surface area contributed by atoms with Gasteiger partial charge < -0.3 is 5.32 Å². The molecule has 2 aliphatic rings. The van der Waals surface area contributed by atoms with Gasteiger partial charge in [0, 0.05) is 18.3 Å². The van der Waals surface area contributed by atoms with E-state index in [2.05, 4.69) is 24.2 Å². The van der Waals surface area contributed by atoms with Crippen molar-refractivity contribution in [3.8, 4) is 0 Å². The molecule has 1 aliphatic heterocycles. The summed E-state index contributed by atoms with van der Waals surface area (Å²) in [7, 11) is 0. The fraction of sp³-hybridized carbons (Fsp3) is 0.909. The van der Waals surface area contributed by atoms with Crippen LogP contribution < -0.4 is 5.32 Å². The molecule has 0 bridgehead atoms. The summed E-state index contributed by atoms with van der Waals surface area (Å²) in [6, 6.07) is 0.699. The molecule has 0 aromatic carbocycles. The Bertz CT molecular complexity index is 227. The van der Waals surface area contributed by atoms with Crippen LogP contribution in [-0.4, -0.2) is 23.5 Å². The van der Waals surface area contributed by atoms with Crippen molar-refractivity contribution in [2.24, 2.45) is 16.8 Å². The summed E-state index contributed by atoms with van der Waals surface area (Å²) in [4.78, 5) is 4.57. The number of rotatable bonds is 1. The maximum atomic E-state index is 4.57. The van der Waals surface area contributed by atoms with Gasteiger partial charge >= 0.3 is 0 Å². The predicted molar refractivity (Wildman–Crippen MR) is 63.9 cm³/mol. The highest BCUT2D eigenvalue weighted by Gasteiger charge is 2.23. The van der Waals surface area contributed by atoms with Crippen LogP contribution in [0, 0.1) is 11.8 Å². The molecular formula is C11H20N2S. The normalized spacial score (nSPS) is 38.1. The SMILES string of the molecule is CC1CN=C(NC2CCC(C)C2)SC1. The first-order chi connectivity index (χ1) is 6.74. The van der Waals surface area contributed by atoms with Gasteiger partial charge in [0.1, 0.15) is 0 Å². The van der Waals surface area contributed by atoms with Crippen LogP contribution in [0.3, 0.4) is 0 Å². The molecule has 14 heavy (non-hydrogen) atoms. The molecule has 2 nitrogen and oxygen atoms in total. The zero-order chi connectivity index (χ0) is 9.97. The molecule has 0 amide bonds. The van der Waals surface area contributed by atoms with Crippen LogP contribution in [0.2, 0.25) is 0 Å². The van der Waals surface area contributed by atoms with Gasteiger partial charge in [0.15, 0.2) is 5.17 Å². The number of thioether (sulfide) groups is 1. The maximum absolute atomic E-state index is 4.57. The van der Waals surface area contributed by atoms with Crippen molar-refractivity contribution in [1.82, 2.24) is 5.32 Å². The fourth-order valence-electron chi connectivity index (χ4n) is 2.16. The van der Waals surface area contributed by atoms with Gasteiger partial charge in [0.05, 0.1) is 0 Å². The molecule has 80 valence electrons. The van der Waals surface area contributed by atoms with Crippen LogP contribution in [0.5, 0.6) is 0 Å². The zero-order valence-corrected chi connectivity index (χ0v) is 9.94. The van der Waals surface area contributed by atoms with Gasteiger partial charge in [-0.25, -0.2) is 0 Å². The highest BCUT2D eigenvalue weighted by molar-refractivity contribution is 8.13. The molecule has 0 aromatic heterocycles. The van der Waals surface area contributed by atoms with Crippen molar-refractivity contribution in [2.75, 3.05) is 12.3 Å². The lowest BCUT2D eigenvalue weighted by molar-refractivity contribution is 0.570. The van der Waals surface area contributed by atoms with Crippen molar-refractivity contribution >= 4 is 16.9 Å². The monoisotopic (exact) mass is 212 g/mol. The number of nitrogens with zero attached hydrogens (tertiary/aromatic N) is 1. The van der Waals surface area contributed by atoms with E-state index < -0.39 is 0 Å². The summed E-state index contributed by atoms with van der Waals surface area (Å²) in [5.74, 6) is 2.89. The van der Waals surface area contributed by atoms with E-state index in [0.717, 1.165) is 18.4 Å². The van der Waals surface area contributed by atoms with Crippen LogP contribution in [0.4, 0.5) is 0 Å². The van der Waals surface area contributed by atoms with E-state index >= 15 is 0 Å². The summed E-state index contributed by atoms with van der Waals surface area (Å²) in [6.07, 6.45) is 4.04. The smallest absolute Gasteiger partial charge is 0.156 e. The number of hydrogen-bond donors (Lipinski definition) is 1. The van der Waals surface area contributed by atoms with Gasteiger partial charge in [-0.3, -0.25) is 4.99 Å². The van der Waals surface area contributed by atoms with Crippen molar-refractivity contribution in [3.05, 3.63) is 0 Å². The Morgan fingerprint density at radius 1 is 1.29 bits per heavy atom. The Kier molecular flexibility index (Phi) is 3.37. The third-order valence-corrected chi connectivity index (χ3v) is 4.33. The zero-order valence-electron chi connectivity index (χ0n) is 9.12. The van der Waals surface area contributed by atoms with Crippen molar-refractivity contribution in [1.29, 1.82) is 0 Å². The van der Waals surface area contributed by atoms with Crippen LogP contribution in [0.25, 0.3) is 0 Å². The highest BCUT2D eigenvalue weighted by Crippen LogP contribution is 2.26. The third kappa shape index (κ3) is 2.66. The minimum Gasteiger partial charge on any atom is -0.362 e. The average Bonchev–Trinajstić information content (AvgIpc) is 2.56. The molecule has 1 aliphatic carbocycles. The van der Waals surface area contributed by atoms with Gasteiger partial charge in [-0.1, -0.05) is 25.6 Å². The lowest BCUT2D eigenvalue weighted by atomic mass is 10.1. The molecule has 0 saturated heterocycles. The second-order valence-corrected chi connectivity index (χ2v) is 5.83. The summed E-state index contributed by atoms with van der Waals surface area (Å²) >= 11 is 1.90. The highest BCUT2D eigenvalue weighted by atomic mass is 32.2. The maximum Gasteiger partial charge on any atom is 0.156 e. The quantitative estimate of drug-likeness (QED) is 0.722. The molecule has 3 heteroatoms. The Balaban J connectivity index is 1.80. The number of aliphatic imine (C=N–C) groups is 1. The van der Waals surface area contributed by atoms with Crippen molar-refractivity contribution < 1.29 is 0 Å². The lowest BCUT2D eigenvalue weighted by Crippen LogP contribution is -2.33. The largest absolute Gasteiger partial charge is 0.362 e. The van der Waals surface area contributed by atoms with E-state index in [1.54, 1.807) is 0 Å². The standard InChI is InChI=1S/C11H20N2S/c1-8-3-4-10(5-8)13-11-12-6-9(2)7-14-11/h8-10H,3-7H2,1-2H3,(H,12,13). The Morgan fingerprint density at radius 2 is 2.14 bits per heavy atom. The summed E-state index contributed by atoms with van der Waals surface area (Å²) in [5, 5.41) is 4.78. The molecular weight excluding hydrogens is 192 g/mol. The number of hydrogen-bond acceptors (Lipinski definition) is 3.